The predicted molar refractivity (Wildman–Crippen MR) is 24.7 cm³/mol. The molecule has 2 unspecified atom stereocenters. The second-order valence-corrected chi connectivity index (χ2v) is 2.31. The maximum Gasteiger partial charge on any atom is 0.254 e. The van der Waals surface area contributed by atoms with Gasteiger partial charge in [0.2, 0.25) is 0 Å². The summed E-state index contributed by atoms with van der Waals surface area (Å²) in [6.45, 7) is 1.39. The van der Waals surface area contributed by atoms with Gasteiger partial charge in [-0.15, -0.1) is 0 Å². The highest BCUT2D eigenvalue weighted by Crippen LogP contribution is 2.50. The SMILES string of the molecule is CC(O)C1CC1(F)F. The van der Waals surface area contributed by atoms with Crippen LogP contribution in [0.2, 0.25) is 0 Å². The van der Waals surface area contributed by atoms with Gasteiger partial charge in [0.05, 0.1) is 12.0 Å². The monoisotopic (exact) mass is 122 g/mol. The second kappa shape index (κ2) is 1.41. The van der Waals surface area contributed by atoms with E-state index in [0.717, 1.165) is 0 Å². The normalized spacial score (nSPS) is 36.8. The van der Waals surface area contributed by atoms with E-state index < -0.39 is 17.9 Å². The number of rotatable bonds is 1. The summed E-state index contributed by atoms with van der Waals surface area (Å²) in [4.78, 5) is 0. The zero-order valence-electron chi connectivity index (χ0n) is 4.56. The molecular weight excluding hydrogens is 114 g/mol. The van der Waals surface area contributed by atoms with Gasteiger partial charge in [0.1, 0.15) is 0 Å². The van der Waals surface area contributed by atoms with E-state index in [0.29, 0.717) is 0 Å². The first-order valence-electron chi connectivity index (χ1n) is 2.60. The largest absolute Gasteiger partial charge is 0.393 e. The molecule has 1 fully saturated rings. The average Bonchev–Trinajstić information content (AvgIpc) is 2.13. The van der Waals surface area contributed by atoms with Gasteiger partial charge in [-0.1, -0.05) is 0 Å². The molecule has 1 saturated carbocycles. The van der Waals surface area contributed by atoms with Gasteiger partial charge in [0.25, 0.3) is 5.92 Å². The molecule has 0 heterocycles. The minimum Gasteiger partial charge on any atom is -0.393 e. The summed E-state index contributed by atoms with van der Waals surface area (Å²) < 4.78 is 23.8. The number of halogens is 2. The molecule has 3 heteroatoms. The summed E-state index contributed by atoms with van der Waals surface area (Å²) in [6, 6.07) is 0. The fraction of sp³-hybridized carbons (Fsp3) is 1.00. The summed E-state index contributed by atoms with van der Waals surface area (Å²) in [5.41, 5.74) is 0. The minimum absolute atomic E-state index is 0.134. The Hall–Kier alpha value is -0.180. The zero-order valence-corrected chi connectivity index (χ0v) is 4.56. The Bertz CT molecular complexity index is 101. The van der Waals surface area contributed by atoms with Crippen LogP contribution in [0.3, 0.4) is 0 Å². The number of aliphatic hydroxyl groups excluding tert-OH is 1. The van der Waals surface area contributed by atoms with Crippen LogP contribution < -0.4 is 0 Å². The van der Waals surface area contributed by atoms with Crippen molar-refractivity contribution >= 4 is 0 Å². The fourth-order valence-electron chi connectivity index (χ4n) is 0.758. The first kappa shape index (κ1) is 5.95. The molecule has 8 heavy (non-hydrogen) atoms. The van der Waals surface area contributed by atoms with E-state index >= 15 is 0 Å². The molecule has 1 nitrogen and oxygen atoms in total. The maximum atomic E-state index is 11.9. The van der Waals surface area contributed by atoms with Crippen LogP contribution >= 0.6 is 0 Å². The van der Waals surface area contributed by atoms with Crippen molar-refractivity contribution in [2.24, 2.45) is 5.92 Å². The first-order valence-corrected chi connectivity index (χ1v) is 2.60. The molecule has 0 aromatic rings. The van der Waals surface area contributed by atoms with E-state index in [2.05, 4.69) is 0 Å². The van der Waals surface area contributed by atoms with Crippen molar-refractivity contribution in [3.63, 3.8) is 0 Å². The summed E-state index contributed by atoms with van der Waals surface area (Å²) in [6.07, 6.45) is -0.977. The highest BCUT2D eigenvalue weighted by Gasteiger charge is 2.59. The standard InChI is InChI=1S/C5H8F2O/c1-3(8)4-2-5(4,6)7/h3-4,8H,2H2,1H3. The molecule has 0 aliphatic heterocycles. The number of hydrogen-bond acceptors (Lipinski definition) is 1. The van der Waals surface area contributed by atoms with Gasteiger partial charge in [-0.2, -0.15) is 0 Å². The van der Waals surface area contributed by atoms with Gasteiger partial charge in [-0.25, -0.2) is 8.78 Å². The average molecular weight is 122 g/mol. The van der Waals surface area contributed by atoms with Crippen LogP contribution in [0.25, 0.3) is 0 Å². The van der Waals surface area contributed by atoms with Crippen molar-refractivity contribution in [3.05, 3.63) is 0 Å². The van der Waals surface area contributed by atoms with Crippen molar-refractivity contribution in [2.75, 3.05) is 0 Å². The highest BCUT2D eigenvalue weighted by molar-refractivity contribution is 4.97. The van der Waals surface area contributed by atoms with Crippen LogP contribution in [0.15, 0.2) is 0 Å². The number of alkyl halides is 2. The Morgan fingerprint density at radius 2 is 2.12 bits per heavy atom. The van der Waals surface area contributed by atoms with Crippen molar-refractivity contribution in [3.8, 4) is 0 Å². The van der Waals surface area contributed by atoms with Gasteiger partial charge >= 0.3 is 0 Å². The quantitative estimate of drug-likeness (QED) is 0.550. The van der Waals surface area contributed by atoms with E-state index in [9.17, 15) is 8.78 Å². The zero-order chi connectivity index (χ0) is 6.36. The van der Waals surface area contributed by atoms with Gasteiger partial charge in [-0.05, 0) is 6.92 Å². The fourth-order valence-corrected chi connectivity index (χ4v) is 0.758. The molecule has 1 N–H and O–H groups in total. The van der Waals surface area contributed by atoms with Crippen molar-refractivity contribution in [1.29, 1.82) is 0 Å². The molecule has 0 radical (unpaired) electrons. The van der Waals surface area contributed by atoms with E-state index in [-0.39, 0.29) is 6.42 Å². The van der Waals surface area contributed by atoms with Gasteiger partial charge < -0.3 is 5.11 Å². The molecule has 2 atom stereocenters. The lowest BCUT2D eigenvalue weighted by molar-refractivity contribution is 0.0554. The van der Waals surface area contributed by atoms with Crippen LogP contribution in [0.5, 0.6) is 0 Å². The Kier molecular flexibility index (Phi) is 1.05. The molecule has 0 amide bonds. The lowest BCUT2D eigenvalue weighted by Crippen LogP contribution is -2.08. The van der Waals surface area contributed by atoms with Gasteiger partial charge in [0.15, 0.2) is 0 Å². The van der Waals surface area contributed by atoms with Crippen molar-refractivity contribution in [1.82, 2.24) is 0 Å². The molecule has 48 valence electrons. The minimum atomic E-state index is -2.56. The van der Waals surface area contributed by atoms with Crippen LogP contribution in [0.1, 0.15) is 13.3 Å². The number of aliphatic hydroxyl groups is 1. The molecular formula is C5H8F2O. The Morgan fingerprint density at radius 3 is 2.12 bits per heavy atom. The summed E-state index contributed by atoms with van der Waals surface area (Å²) in [5, 5.41) is 8.55. The van der Waals surface area contributed by atoms with Crippen LogP contribution in [0.4, 0.5) is 8.78 Å². The lowest BCUT2D eigenvalue weighted by Gasteiger charge is -1.98. The molecule has 0 aromatic heterocycles. The highest BCUT2D eigenvalue weighted by atomic mass is 19.3. The number of hydrogen-bond donors (Lipinski definition) is 1. The molecule has 1 rings (SSSR count). The van der Waals surface area contributed by atoms with E-state index in [1.165, 1.54) is 6.92 Å². The third-order valence-electron chi connectivity index (χ3n) is 1.46. The van der Waals surface area contributed by atoms with E-state index in [4.69, 9.17) is 5.11 Å². The maximum absolute atomic E-state index is 11.9. The molecule has 0 bridgehead atoms. The van der Waals surface area contributed by atoms with E-state index in [1.807, 2.05) is 0 Å². The van der Waals surface area contributed by atoms with E-state index in [1.54, 1.807) is 0 Å². The van der Waals surface area contributed by atoms with Crippen molar-refractivity contribution < 1.29 is 13.9 Å². The smallest absolute Gasteiger partial charge is 0.254 e. The third-order valence-corrected chi connectivity index (χ3v) is 1.46. The Balaban J connectivity index is 2.37. The van der Waals surface area contributed by atoms with Gasteiger partial charge in [-0.3, -0.25) is 0 Å². The molecule has 0 aromatic carbocycles. The van der Waals surface area contributed by atoms with Gasteiger partial charge in [0, 0.05) is 6.42 Å². The van der Waals surface area contributed by atoms with Crippen LogP contribution in [-0.4, -0.2) is 17.1 Å². The lowest BCUT2D eigenvalue weighted by atomic mass is 10.3. The summed E-state index contributed by atoms with van der Waals surface area (Å²) >= 11 is 0. The van der Waals surface area contributed by atoms with Crippen molar-refractivity contribution in [2.45, 2.75) is 25.4 Å². The molecule has 0 saturated heterocycles. The second-order valence-electron chi connectivity index (χ2n) is 2.31. The molecule has 1 aliphatic carbocycles. The van der Waals surface area contributed by atoms with Crippen LogP contribution in [0, 0.1) is 5.92 Å². The topological polar surface area (TPSA) is 20.2 Å². The Morgan fingerprint density at radius 1 is 1.75 bits per heavy atom. The summed E-state index contributed by atoms with van der Waals surface area (Å²) in [7, 11) is 0. The summed E-state index contributed by atoms with van der Waals surface area (Å²) in [5.74, 6) is -3.32. The predicted octanol–water partition coefficient (Wildman–Crippen LogP) is 1.02. The molecule has 0 spiro atoms. The van der Waals surface area contributed by atoms with Crippen LogP contribution in [-0.2, 0) is 0 Å². The third kappa shape index (κ3) is 0.823. The first-order chi connectivity index (χ1) is 3.54. The Labute approximate surface area is 46.3 Å². The molecule has 1 aliphatic rings.